The molecule has 148 valence electrons. The highest BCUT2D eigenvalue weighted by atomic mass is 16.5. The molecular formula is C21H25N3O4. The van der Waals surface area contributed by atoms with E-state index in [-0.39, 0.29) is 12.4 Å². The number of hydrogen-bond donors (Lipinski definition) is 0. The van der Waals surface area contributed by atoms with Gasteiger partial charge < -0.3 is 14.2 Å². The molecule has 0 radical (unpaired) electrons. The third kappa shape index (κ3) is 3.40. The first kappa shape index (κ1) is 19.7. The average Bonchev–Trinajstić information content (AvgIpc) is 3.00. The van der Waals surface area contributed by atoms with E-state index in [1.807, 2.05) is 39.0 Å². The monoisotopic (exact) mass is 383 g/mol. The van der Waals surface area contributed by atoms with Gasteiger partial charge in [0.05, 0.1) is 32.9 Å². The summed E-state index contributed by atoms with van der Waals surface area (Å²) in [6.07, 6.45) is 0.180. The van der Waals surface area contributed by atoms with Crippen molar-refractivity contribution < 1.29 is 19.0 Å². The van der Waals surface area contributed by atoms with Gasteiger partial charge in [-0.05, 0) is 45.4 Å². The number of aryl methyl sites for hydroxylation is 3. The summed E-state index contributed by atoms with van der Waals surface area (Å²) in [4.78, 5) is 16.7. The summed E-state index contributed by atoms with van der Waals surface area (Å²) in [5.41, 5.74) is 5.96. The maximum absolute atomic E-state index is 12.0. The number of esters is 1. The molecule has 0 saturated heterocycles. The van der Waals surface area contributed by atoms with Gasteiger partial charge in [0, 0.05) is 22.5 Å². The Kier molecular flexibility index (Phi) is 5.53. The maximum atomic E-state index is 12.0. The van der Waals surface area contributed by atoms with Gasteiger partial charge in [0.25, 0.3) is 0 Å². The SMILES string of the molecule is CCOC(=O)Cc1c(C)nc2c(-c3ccc(OC)c(OC)c3)c(C)nn2c1C. The molecule has 3 rings (SSSR count). The van der Waals surface area contributed by atoms with E-state index in [4.69, 9.17) is 19.2 Å². The van der Waals surface area contributed by atoms with Crippen LogP contribution in [0.25, 0.3) is 16.8 Å². The Labute approximate surface area is 164 Å². The Balaban J connectivity index is 2.16. The Morgan fingerprint density at radius 2 is 1.79 bits per heavy atom. The Bertz CT molecular complexity index is 1040. The largest absolute Gasteiger partial charge is 0.493 e. The third-order valence-corrected chi connectivity index (χ3v) is 4.80. The van der Waals surface area contributed by atoms with Crippen molar-refractivity contribution >= 4 is 11.6 Å². The van der Waals surface area contributed by atoms with Crippen molar-refractivity contribution in [1.82, 2.24) is 14.6 Å². The van der Waals surface area contributed by atoms with Crippen LogP contribution in [0.1, 0.15) is 29.6 Å². The van der Waals surface area contributed by atoms with Gasteiger partial charge in [-0.2, -0.15) is 5.10 Å². The van der Waals surface area contributed by atoms with Gasteiger partial charge in [0.2, 0.25) is 0 Å². The smallest absolute Gasteiger partial charge is 0.310 e. The minimum absolute atomic E-state index is 0.180. The molecule has 0 atom stereocenters. The molecular weight excluding hydrogens is 358 g/mol. The van der Waals surface area contributed by atoms with Gasteiger partial charge in [0.15, 0.2) is 17.1 Å². The number of ether oxygens (including phenoxy) is 3. The van der Waals surface area contributed by atoms with Gasteiger partial charge in [-0.3, -0.25) is 4.79 Å². The van der Waals surface area contributed by atoms with Crippen LogP contribution < -0.4 is 9.47 Å². The highest BCUT2D eigenvalue weighted by molar-refractivity contribution is 5.82. The molecule has 0 amide bonds. The molecule has 0 fully saturated rings. The number of carbonyl (C=O) groups is 1. The Morgan fingerprint density at radius 3 is 2.43 bits per heavy atom. The quantitative estimate of drug-likeness (QED) is 0.607. The van der Waals surface area contributed by atoms with Crippen molar-refractivity contribution in [2.75, 3.05) is 20.8 Å². The summed E-state index contributed by atoms with van der Waals surface area (Å²) in [6, 6.07) is 5.75. The van der Waals surface area contributed by atoms with Gasteiger partial charge in [0.1, 0.15) is 0 Å². The molecule has 0 aliphatic rings. The van der Waals surface area contributed by atoms with E-state index in [1.165, 1.54) is 0 Å². The van der Waals surface area contributed by atoms with Gasteiger partial charge in [-0.15, -0.1) is 0 Å². The number of hydrogen-bond acceptors (Lipinski definition) is 6. The molecule has 1 aromatic carbocycles. The fraction of sp³-hybridized carbons (Fsp3) is 0.381. The predicted octanol–water partition coefficient (Wildman–Crippen LogP) is 3.44. The van der Waals surface area contributed by atoms with E-state index >= 15 is 0 Å². The van der Waals surface area contributed by atoms with E-state index in [0.717, 1.165) is 39.4 Å². The summed E-state index contributed by atoms with van der Waals surface area (Å²) in [5.74, 6) is 1.04. The van der Waals surface area contributed by atoms with Crippen molar-refractivity contribution in [3.63, 3.8) is 0 Å². The lowest BCUT2D eigenvalue weighted by Crippen LogP contribution is -2.13. The second-order valence-electron chi connectivity index (χ2n) is 6.51. The number of nitrogens with zero attached hydrogens (tertiary/aromatic N) is 3. The molecule has 7 heteroatoms. The summed E-state index contributed by atoms with van der Waals surface area (Å²) >= 11 is 0. The number of methoxy groups -OCH3 is 2. The first-order chi connectivity index (χ1) is 13.4. The van der Waals surface area contributed by atoms with Crippen molar-refractivity contribution in [1.29, 1.82) is 0 Å². The predicted molar refractivity (Wildman–Crippen MR) is 106 cm³/mol. The second-order valence-corrected chi connectivity index (χ2v) is 6.51. The van der Waals surface area contributed by atoms with Crippen LogP contribution in [0, 0.1) is 20.8 Å². The van der Waals surface area contributed by atoms with E-state index in [0.29, 0.717) is 18.1 Å². The van der Waals surface area contributed by atoms with E-state index < -0.39 is 0 Å². The normalized spacial score (nSPS) is 10.9. The third-order valence-electron chi connectivity index (χ3n) is 4.80. The Hall–Kier alpha value is -3.09. The van der Waals surface area contributed by atoms with Gasteiger partial charge in [-0.1, -0.05) is 6.07 Å². The number of rotatable bonds is 6. The summed E-state index contributed by atoms with van der Waals surface area (Å²) in [7, 11) is 3.22. The maximum Gasteiger partial charge on any atom is 0.310 e. The minimum Gasteiger partial charge on any atom is -0.493 e. The molecule has 2 aromatic heterocycles. The molecule has 0 N–H and O–H groups in total. The number of fused-ring (bicyclic) bond motifs is 1. The topological polar surface area (TPSA) is 75.0 Å². The van der Waals surface area contributed by atoms with E-state index in [1.54, 1.807) is 25.7 Å². The van der Waals surface area contributed by atoms with Crippen molar-refractivity contribution in [2.45, 2.75) is 34.1 Å². The lowest BCUT2D eigenvalue weighted by molar-refractivity contribution is -0.142. The fourth-order valence-corrected chi connectivity index (χ4v) is 3.41. The first-order valence-electron chi connectivity index (χ1n) is 9.14. The lowest BCUT2D eigenvalue weighted by atomic mass is 10.0. The number of aromatic nitrogens is 3. The Morgan fingerprint density at radius 1 is 1.07 bits per heavy atom. The summed E-state index contributed by atoms with van der Waals surface area (Å²) in [6.45, 7) is 7.95. The van der Waals surface area contributed by atoms with Crippen molar-refractivity contribution in [2.24, 2.45) is 0 Å². The van der Waals surface area contributed by atoms with Crippen LogP contribution >= 0.6 is 0 Å². The molecule has 0 aliphatic heterocycles. The zero-order valence-corrected chi connectivity index (χ0v) is 17.1. The first-order valence-corrected chi connectivity index (χ1v) is 9.14. The highest BCUT2D eigenvalue weighted by Gasteiger charge is 2.20. The molecule has 0 aliphatic carbocycles. The van der Waals surface area contributed by atoms with E-state index in [9.17, 15) is 4.79 Å². The molecule has 7 nitrogen and oxygen atoms in total. The molecule has 0 spiro atoms. The second kappa shape index (κ2) is 7.88. The van der Waals surface area contributed by atoms with Gasteiger partial charge in [-0.25, -0.2) is 9.50 Å². The number of carbonyl (C=O) groups excluding carboxylic acids is 1. The van der Waals surface area contributed by atoms with Crippen LogP contribution in [0.2, 0.25) is 0 Å². The molecule has 28 heavy (non-hydrogen) atoms. The zero-order valence-electron chi connectivity index (χ0n) is 17.1. The molecule has 0 bridgehead atoms. The van der Waals surface area contributed by atoms with E-state index in [2.05, 4.69) is 5.10 Å². The molecule has 2 heterocycles. The minimum atomic E-state index is -0.265. The standard InChI is InChI=1S/C21H25N3O4/c1-7-28-19(25)11-16-12(2)22-21-20(13(3)23-24(21)14(16)4)15-8-9-17(26-5)18(10-15)27-6/h8-10H,7,11H2,1-6H3. The lowest BCUT2D eigenvalue weighted by Gasteiger charge is -2.12. The van der Waals surface area contributed by atoms with Crippen LogP contribution in [0.4, 0.5) is 0 Å². The molecule has 0 saturated carbocycles. The van der Waals surface area contributed by atoms with Crippen LogP contribution in [0.15, 0.2) is 18.2 Å². The average molecular weight is 383 g/mol. The van der Waals surface area contributed by atoms with Crippen molar-refractivity contribution in [3.05, 3.63) is 40.8 Å². The number of benzene rings is 1. The molecule has 3 aromatic rings. The van der Waals surface area contributed by atoms with Crippen molar-refractivity contribution in [3.8, 4) is 22.6 Å². The van der Waals surface area contributed by atoms with Crippen LogP contribution in [0.3, 0.4) is 0 Å². The zero-order chi connectivity index (χ0) is 20.4. The summed E-state index contributed by atoms with van der Waals surface area (Å²) < 4.78 is 17.7. The highest BCUT2D eigenvalue weighted by Crippen LogP contribution is 2.35. The van der Waals surface area contributed by atoms with Gasteiger partial charge >= 0.3 is 5.97 Å². The molecule has 0 unspecified atom stereocenters. The summed E-state index contributed by atoms with van der Waals surface area (Å²) in [5, 5.41) is 4.67. The van der Waals surface area contributed by atoms with Crippen LogP contribution in [-0.4, -0.2) is 41.4 Å². The van der Waals surface area contributed by atoms with Crippen LogP contribution in [-0.2, 0) is 16.0 Å². The fourth-order valence-electron chi connectivity index (χ4n) is 3.41. The van der Waals surface area contributed by atoms with Crippen LogP contribution in [0.5, 0.6) is 11.5 Å².